The van der Waals surface area contributed by atoms with Gasteiger partial charge in [0.25, 0.3) is 0 Å². The van der Waals surface area contributed by atoms with E-state index >= 15 is 0 Å². The second-order valence-electron chi connectivity index (χ2n) is 3.64. The monoisotopic (exact) mass is 177 g/mol. The third-order valence-corrected chi connectivity index (χ3v) is 2.87. The van der Waals surface area contributed by atoms with Crippen molar-refractivity contribution in [3.8, 4) is 5.75 Å². The minimum absolute atomic E-state index is 0.465. The van der Waals surface area contributed by atoms with Crippen LogP contribution in [0.4, 0.5) is 0 Å². The predicted molar refractivity (Wildman–Crippen MR) is 53.0 cm³/mol. The highest BCUT2D eigenvalue weighted by Crippen LogP contribution is 2.28. The predicted octanol–water partition coefficient (Wildman–Crippen LogP) is 1.47. The first-order valence-electron chi connectivity index (χ1n) is 4.78. The zero-order valence-electron chi connectivity index (χ0n) is 7.88. The molecule has 0 radical (unpaired) electrons. The van der Waals surface area contributed by atoms with Gasteiger partial charge in [0, 0.05) is 6.04 Å². The smallest absolute Gasteiger partial charge is 0.119 e. The summed E-state index contributed by atoms with van der Waals surface area (Å²) in [5.41, 5.74) is 2.44. The van der Waals surface area contributed by atoms with Gasteiger partial charge in [-0.1, -0.05) is 12.1 Å². The minimum atomic E-state index is 0.465. The Balaban J connectivity index is 2.31. The van der Waals surface area contributed by atoms with Crippen LogP contribution in [-0.4, -0.2) is 18.2 Å². The number of fused-ring (bicyclic) bond motifs is 1. The molecule has 1 aliphatic carbocycles. The summed E-state index contributed by atoms with van der Waals surface area (Å²) < 4.78 is 0. The van der Waals surface area contributed by atoms with Gasteiger partial charge in [0.1, 0.15) is 5.75 Å². The summed E-state index contributed by atoms with van der Waals surface area (Å²) in [6.07, 6.45) is 3.16. The van der Waals surface area contributed by atoms with Crippen LogP contribution in [-0.2, 0) is 12.8 Å². The van der Waals surface area contributed by atoms with Crippen LogP contribution in [0.3, 0.4) is 0 Å². The molecule has 0 spiro atoms. The van der Waals surface area contributed by atoms with E-state index in [9.17, 15) is 5.11 Å². The van der Waals surface area contributed by atoms with Crippen LogP contribution in [0.2, 0.25) is 0 Å². The lowest BCUT2D eigenvalue weighted by atomic mass is 9.88. The molecule has 0 aromatic heterocycles. The Morgan fingerprint density at radius 2 is 2.31 bits per heavy atom. The second-order valence-corrected chi connectivity index (χ2v) is 3.64. The highest BCUT2D eigenvalue weighted by atomic mass is 16.3. The highest BCUT2D eigenvalue weighted by molar-refractivity contribution is 5.41. The fraction of sp³-hybridized carbons (Fsp3) is 0.455. The van der Waals surface area contributed by atoms with Gasteiger partial charge in [-0.25, -0.2) is 0 Å². The number of benzene rings is 1. The number of aromatic hydroxyl groups is 1. The van der Waals surface area contributed by atoms with E-state index in [1.165, 1.54) is 5.56 Å². The third-order valence-electron chi connectivity index (χ3n) is 2.87. The molecule has 1 aromatic rings. The van der Waals surface area contributed by atoms with Gasteiger partial charge in [0.05, 0.1) is 0 Å². The number of hydrogen-bond acceptors (Lipinski definition) is 2. The molecular formula is C11H15NO. The molecule has 2 nitrogen and oxygen atoms in total. The molecule has 0 aliphatic heterocycles. The van der Waals surface area contributed by atoms with E-state index in [1.54, 1.807) is 6.07 Å². The molecule has 0 heterocycles. The second kappa shape index (κ2) is 3.38. The molecule has 2 N–H and O–H groups in total. The average molecular weight is 177 g/mol. The molecule has 13 heavy (non-hydrogen) atoms. The molecule has 1 aromatic carbocycles. The molecule has 2 rings (SSSR count). The van der Waals surface area contributed by atoms with Crippen LogP contribution < -0.4 is 5.32 Å². The maximum Gasteiger partial charge on any atom is 0.119 e. The molecular weight excluding hydrogens is 162 g/mol. The summed E-state index contributed by atoms with van der Waals surface area (Å²) in [5.74, 6) is 0.465. The Morgan fingerprint density at radius 3 is 3.08 bits per heavy atom. The molecule has 2 heteroatoms. The summed E-state index contributed by atoms with van der Waals surface area (Å²) >= 11 is 0. The number of rotatable bonds is 1. The van der Waals surface area contributed by atoms with E-state index in [0.717, 1.165) is 24.8 Å². The Morgan fingerprint density at radius 1 is 1.46 bits per heavy atom. The molecule has 0 saturated carbocycles. The van der Waals surface area contributed by atoms with E-state index in [0.29, 0.717) is 11.8 Å². The van der Waals surface area contributed by atoms with Gasteiger partial charge < -0.3 is 10.4 Å². The largest absolute Gasteiger partial charge is 0.508 e. The molecule has 70 valence electrons. The number of phenols is 1. The molecule has 1 atom stereocenters. The van der Waals surface area contributed by atoms with Crippen molar-refractivity contribution in [3.05, 3.63) is 29.3 Å². The van der Waals surface area contributed by atoms with E-state index in [1.807, 2.05) is 13.1 Å². The van der Waals surface area contributed by atoms with Crippen LogP contribution in [0.25, 0.3) is 0 Å². The number of hydrogen-bond donors (Lipinski definition) is 2. The van der Waals surface area contributed by atoms with Crippen molar-refractivity contribution in [2.75, 3.05) is 7.05 Å². The Hall–Kier alpha value is -1.02. The first-order chi connectivity index (χ1) is 6.31. The first-order valence-corrected chi connectivity index (χ1v) is 4.78. The van der Waals surface area contributed by atoms with Gasteiger partial charge in [-0.3, -0.25) is 0 Å². The van der Waals surface area contributed by atoms with Crippen LogP contribution in [0.5, 0.6) is 5.75 Å². The highest BCUT2D eigenvalue weighted by Gasteiger charge is 2.18. The molecule has 0 fully saturated rings. The molecule has 0 bridgehead atoms. The summed E-state index contributed by atoms with van der Waals surface area (Å²) in [4.78, 5) is 0. The van der Waals surface area contributed by atoms with E-state index in [-0.39, 0.29) is 0 Å². The lowest BCUT2D eigenvalue weighted by Gasteiger charge is -2.24. The SMILES string of the molecule is CN[C@H]1CCc2c(O)cccc2C1. The number of nitrogens with one attached hydrogen (secondary N) is 1. The molecule has 0 amide bonds. The third kappa shape index (κ3) is 1.54. The van der Waals surface area contributed by atoms with Crippen molar-refractivity contribution in [1.82, 2.24) is 5.32 Å². The normalized spacial score (nSPS) is 21.2. The van der Waals surface area contributed by atoms with E-state index in [2.05, 4.69) is 11.4 Å². The number of phenolic OH excluding ortho intramolecular Hbond substituents is 1. The quantitative estimate of drug-likeness (QED) is 0.681. The lowest BCUT2D eigenvalue weighted by molar-refractivity contribution is 0.445. The summed E-state index contributed by atoms with van der Waals surface area (Å²) in [7, 11) is 2.00. The van der Waals surface area contributed by atoms with Crippen molar-refractivity contribution < 1.29 is 5.11 Å². The van der Waals surface area contributed by atoms with Gasteiger partial charge in [-0.15, -0.1) is 0 Å². The van der Waals surface area contributed by atoms with Crippen LogP contribution in [0.1, 0.15) is 17.5 Å². The zero-order chi connectivity index (χ0) is 9.26. The van der Waals surface area contributed by atoms with Crippen molar-refractivity contribution in [2.24, 2.45) is 0 Å². The van der Waals surface area contributed by atoms with E-state index in [4.69, 9.17) is 0 Å². The van der Waals surface area contributed by atoms with Crippen molar-refractivity contribution in [2.45, 2.75) is 25.3 Å². The van der Waals surface area contributed by atoms with Gasteiger partial charge in [0.2, 0.25) is 0 Å². The molecule has 1 aliphatic rings. The van der Waals surface area contributed by atoms with E-state index < -0.39 is 0 Å². The van der Waals surface area contributed by atoms with Crippen molar-refractivity contribution in [3.63, 3.8) is 0 Å². The van der Waals surface area contributed by atoms with Crippen LogP contribution >= 0.6 is 0 Å². The van der Waals surface area contributed by atoms with Crippen molar-refractivity contribution in [1.29, 1.82) is 0 Å². The lowest BCUT2D eigenvalue weighted by Crippen LogP contribution is -2.31. The summed E-state index contributed by atoms with van der Waals surface area (Å²) in [6.45, 7) is 0. The standard InChI is InChI=1S/C11H15NO/c1-12-9-5-6-10-8(7-9)3-2-4-11(10)13/h2-4,9,12-13H,5-7H2,1H3/t9-/m0/s1. The maximum absolute atomic E-state index is 9.59. The fourth-order valence-electron chi connectivity index (χ4n) is 2.03. The van der Waals surface area contributed by atoms with Crippen LogP contribution in [0, 0.1) is 0 Å². The first kappa shape index (κ1) is 8.57. The average Bonchev–Trinajstić information content (AvgIpc) is 2.18. The zero-order valence-corrected chi connectivity index (χ0v) is 7.88. The molecule has 0 saturated heterocycles. The van der Waals surface area contributed by atoms with Gasteiger partial charge in [0.15, 0.2) is 0 Å². The number of likely N-dealkylation sites (N-methyl/N-ethyl adjacent to an activating group) is 1. The van der Waals surface area contributed by atoms with Gasteiger partial charge >= 0.3 is 0 Å². The topological polar surface area (TPSA) is 32.3 Å². The molecule has 0 unspecified atom stereocenters. The van der Waals surface area contributed by atoms with Gasteiger partial charge in [-0.05, 0) is 43.5 Å². The Bertz CT molecular complexity index is 309. The Labute approximate surface area is 78.6 Å². The minimum Gasteiger partial charge on any atom is -0.508 e. The Kier molecular flexibility index (Phi) is 2.23. The summed E-state index contributed by atoms with van der Waals surface area (Å²) in [6, 6.07) is 6.39. The summed E-state index contributed by atoms with van der Waals surface area (Å²) in [5, 5.41) is 12.9. The maximum atomic E-state index is 9.59. The fourth-order valence-corrected chi connectivity index (χ4v) is 2.03. The van der Waals surface area contributed by atoms with Crippen molar-refractivity contribution >= 4 is 0 Å². The van der Waals surface area contributed by atoms with Crippen LogP contribution in [0.15, 0.2) is 18.2 Å². The van der Waals surface area contributed by atoms with Gasteiger partial charge in [-0.2, -0.15) is 0 Å².